The van der Waals surface area contributed by atoms with Gasteiger partial charge < -0.3 is 9.84 Å². The summed E-state index contributed by atoms with van der Waals surface area (Å²) in [5, 5.41) is 6.68. The molecular formula is C19H19N3O2S. The van der Waals surface area contributed by atoms with Gasteiger partial charge >= 0.3 is 0 Å². The number of amides is 1. The molecule has 1 N–H and O–H groups in total. The Kier molecular flexibility index (Phi) is 5.50. The van der Waals surface area contributed by atoms with Crippen LogP contribution in [0.15, 0.2) is 59.1 Å². The van der Waals surface area contributed by atoms with Crippen LogP contribution < -0.4 is 5.32 Å². The molecule has 2 aromatic carbocycles. The van der Waals surface area contributed by atoms with Gasteiger partial charge in [-0.25, -0.2) is 0 Å². The summed E-state index contributed by atoms with van der Waals surface area (Å²) >= 11 is 1.46. The lowest BCUT2D eigenvalue weighted by atomic mass is 10.2. The van der Waals surface area contributed by atoms with Crippen LogP contribution in [0.4, 0.5) is 5.69 Å². The maximum absolute atomic E-state index is 12.3. The molecule has 0 spiro atoms. The molecule has 1 unspecified atom stereocenters. The Bertz CT molecular complexity index is 849. The van der Waals surface area contributed by atoms with Crippen LogP contribution in [0.25, 0.3) is 11.4 Å². The van der Waals surface area contributed by atoms with Crippen molar-refractivity contribution in [2.24, 2.45) is 0 Å². The molecule has 0 aliphatic carbocycles. The number of nitrogens with one attached hydrogen (secondary N) is 1. The largest absolute Gasteiger partial charge is 0.338 e. The normalized spacial score (nSPS) is 11.9. The monoisotopic (exact) mass is 353 g/mol. The molecule has 0 bridgehead atoms. The van der Waals surface area contributed by atoms with Crippen molar-refractivity contribution in [3.63, 3.8) is 0 Å². The van der Waals surface area contributed by atoms with Gasteiger partial charge in [0.05, 0.1) is 11.0 Å². The first-order chi connectivity index (χ1) is 12.1. The van der Waals surface area contributed by atoms with Crippen LogP contribution in [0.5, 0.6) is 0 Å². The Balaban J connectivity index is 1.54. The van der Waals surface area contributed by atoms with Crippen molar-refractivity contribution in [2.45, 2.75) is 24.9 Å². The molecule has 1 amide bonds. The number of aryl methyl sites for hydroxylation is 1. The molecule has 0 aliphatic rings. The van der Waals surface area contributed by atoms with Crippen LogP contribution in [0.1, 0.15) is 18.4 Å². The van der Waals surface area contributed by atoms with Crippen molar-refractivity contribution in [1.82, 2.24) is 10.1 Å². The van der Waals surface area contributed by atoms with Crippen LogP contribution in [0, 0.1) is 6.92 Å². The van der Waals surface area contributed by atoms with E-state index in [9.17, 15) is 4.79 Å². The lowest BCUT2D eigenvalue weighted by Gasteiger charge is -2.11. The average Bonchev–Trinajstić information content (AvgIpc) is 3.09. The number of hydrogen-bond donors (Lipinski definition) is 1. The van der Waals surface area contributed by atoms with E-state index in [4.69, 9.17) is 4.52 Å². The number of hydrogen-bond acceptors (Lipinski definition) is 5. The zero-order valence-corrected chi connectivity index (χ0v) is 14.9. The molecule has 0 saturated carbocycles. The van der Waals surface area contributed by atoms with E-state index >= 15 is 0 Å². The summed E-state index contributed by atoms with van der Waals surface area (Å²) in [5.41, 5.74) is 2.83. The van der Waals surface area contributed by atoms with Crippen molar-refractivity contribution in [1.29, 1.82) is 0 Å². The van der Waals surface area contributed by atoms with E-state index < -0.39 is 0 Å². The highest BCUT2D eigenvalue weighted by Gasteiger charge is 2.16. The number of thioether (sulfide) groups is 1. The van der Waals surface area contributed by atoms with Gasteiger partial charge in [0.2, 0.25) is 17.6 Å². The molecule has 3 aromatic rings. The van der Waals surface area contributed by atoms with E-state index in [1.807, 2.05) is 68.4 Å². The first-order valence-electron chi connectivity index (χ1n) is 7.99. The van der Waals surface area contributed by atoms with Gasteiger partial charge in [-0.1, -0.05) is 47.6 Å². The Labute approximate surface area is 150 Å². The lowest BCUT2D eigenvalue weighted by Crippen LogP contribution is -2.22. The Morgan fingerprint density at radius 3 is 2.76 bits per heavy atom. The zero-order chi connectivity index (χ0) is 17.6. The fourth-order valence-corrected chi connectivity index (χ4v) is 2.98. The fourth-order valence-electron chi connectivity index (χ4n) is 2.26. The van der Waals surface area contributed by atoms with Gasteiger partial charge in [-0.15, -0.1) is 11.8 Å². The zero-order valence-electron chi connectivity index (χ0n) is 14.1. The van der Waals surface area contributed by atoms with Gasteiger partial charge in [0.15, 0.2) is 0 Å². The topological polar surface area (TPSA) is 68.0 Å². The summed E-state index contributed by atoms with van der Waals surface area (Å²) in [6.45, 7) is 3.86. The third kappa shape index (κ3) is 4.70. The second kappa shape index (κ2) is 7.98. The van der Waals surface area contributed by atoms with Crippen molar-refractivity contribution >= 4 is 23.4 Å². The summed E-state index contributed by atoms with van der Waals surface area (Å²) in [5.74, 6) is 1.52. The van der Waals surface area contributed by atoms with Gasteiger partial charge in [0, 0.05) is 11.3 Å². The van der Waals surface area contributed by atoms with Crippen LogP contribution in [0.2, 0.25) is 0 Å². The summed E-state index contributed by atoms with van der Waals surface area (Å²) in [6.07, 6.45) is 0. The predicted octanol–water partition coefficient (Wildman–Crippen LogP) is 4.31. The molecule has 128 valence electrons. The summed E-state index contributed by atoms with van der Waals surface area (Å²) in [7, 11) is 0. The van der Waals surface area contributed by atoms with Crippen LogP contribution >= 0.6 is 11.8 Å². The highest BCUT2D eigenvalue weighted by atomic mass is 32.2. The fraction of sp³-hybridized carbons (Fsp3) is 0.211. The quantitative estimate of drug-likeness (QED) is 0.715. The molecule has 0 fully saturated rings. The van der Waals surface area contributed by atoms with Gasteiger partial charge in [-0.3, -0.25) is 4.79 Å². The number of carbonyl (C=O) groups is 1. The van der Waals surface area contributed by atoms with Crippen LogP contribution in [0.3, 0.4) is 0 Å². The van der Waals surface area contributed by atoms with E-state index in [0.717, 1.165) is 16.8 Å². The predicted molar refractivity (Wildman–Crippen MR) is 100 cm³/mol. The van der Waals surface area contributed by atoms with E-state index in [1.54, 1.807) is 0 Å². The van der Waals surface area contributed by atoms with Gasteiger partial charge in [-0.2, -0.15) is 4.98 Å². The third-order valence-electron chi connectivity index (χ3n) is 3.61. The SMILES string of the molecule is Cc1cccc(NC(=O)C(C)SCc2nc(-c3ccccc3)no2)c1. The second-order valence-corrected chi connectivity index (χ2v) is 7.02. The van der Waals surface area contributed by atoms with Gasteiger partial charge in [0.25, 0.3) is 0 Å². The standard InChI is InChI=1S/C19H19N3O2S/c1-13-7-6-10-16(11-13)20-19(23)14(2)25-12-17-21-18(22-24-17)15-8-4-3-5-9-15/h3-11,14H,12H2,1-2H3,(H,20,23). The minimum absolute atomic E-state index is 0.0431. The Morgan fingerprint density at radius 1 is 1.20 bits per heavy atom. The van der Waals surface area contributed by atoms with E-state index in [2.05, 4.69) is 15.5 Å². The minimum Gasteiger partial charge on any atom is -0.338 e. The van der Waals surface area contributed by atoms with Crippen LogP contribution in [-0.2, 0) is 10.5 Å². The van der Waals surface area contributed by atoms with Crippen molar-refractivity contribution in [2.75, 3.05) is 5.32 Å². The van der Waals surface area contributed by atoms with Crippen molar-refractivity contribution < 1.29 is 9.32 Å². The molecule has 1 atom stereocenters. The molecule has 25 heavy (non-hydrogen) atoms. The van der Waals surface area contributed by atoms with Gasteiger partial charge in [-0.05, 0) is 31.5 Å². The summed E-state index contributed by atoms with van der Waals surface area (Å²) < 4.78 is 5.27. The maximum Gasteiger partial charge on any atom is 0.237 e. The number of carbonyl (C=O) groups excluding carboxylic acids is 1. The molecule has 3 rings (SSSR count). The number of aromatic nitrogens is 2. The highest BCUT2D eigenvalue weighted by Crippen LogP contribution is 2.21. The minimum atomic E-state index is -0.229. The number of anilines is 1. The molecule has 0 radical (unpaired) electrons. The number of nitrogens with zero attached hydrogens (tertiary/aromatic N) is 2. The molecular weight excluding hydrogens is 334 g/mol. The third-order valence-corrected chi connectivity index (χ3v) is 4.74. The average molecular weight is 353 g/mol. The van der Waals surface area contributed by atoms with Gasteiger partial charge in [0.1, 0.15) is 0 Å². The van der Waals surface area contributed by atoms with E-state index in [-0.39, 0.29) is 11.2 Å². The maximum atomic E-state index is 12.3. The lowest BCUT2D eigenvalue weighted by molar-refractivity contribution is -0.115. The van der Waals surface area contributed by atoms with E-state index in [1.165, 1.54) is 11.8 Å². The second-order valence-electron chi connectivity index (χ2n) is 5.69. The highest BCUT2D eigenvalue weighted by molar-refractivity contribution is 7.99. The number of benzene rings is 2. The molecule has 0 saturated heterocycles. The van der Waals surface area contributed by atoms with Crippen molar-refractivity contribution in [3.8, 4) is 11.4 Å². The summed E-state index contributed by atoms with van der Waals surface area (Å²) in [4.78, 5) is 16.7. The van der Waals surface area contributed by atoms with Crippen LogP contribution in [-0.4, -0.2) is 21.3 Å². The summed E-state index contributed by atoms with van der Waals surface area (Å²) in [6, 6.07) is 17.4. The molecule has 5 nitrogen and oxygen atoms in total. The first kappa shape index (κ1) is 17.2. The smallest absolute Gasteiger partial charge is 0.237 e. The molecule has 6 heteroatoms. The van der Waals surface area contributed by atoms with E-state index in [0.29, 0.717) is 17.5 Å². The first-order valence-corrected chi connectivity index (χ1v) is 9.04. The number of rotatable bonds is 6. The Hall–Kier alpha value is -2.60. The molecule has 0 aliphatic heterocycles. The molecule has 1 aromatic heterocycles. The van der Waals surface area contributed by atoms with Crippen molar-refractivity contribution in [3.05, 3.63) is 66.1 Å². The molecule has 1 heterocycles. The Morgan fingerprint density at radius 2 is 2.00 bits per heavy atom.